The molecule has 12 rings (SSSR count). The Morgan fingerprint density at radius 1 is 0.491 bits per heavy atom. The van der Waals surface area contributed by atoms with E-state index in [-0.39, 0.29) is 103 Å². The molecule has 6 aliphatic heterocycles. The molecular formula is C78H114ClFN12O16. The molecule has 6 aliphatic rings. The molecule has 108 heavy (non-hydrogen) atoms. The zero-order valence-electron chi connectivity index (χ0n) is 67.0. The monoisotopic (exact) mass is 1530 g/mol. The summed E-state index contributed by atoms with van der Waals surface area (Å²) in [7, 11) is 7.15. The summed E-state index contributed by atoms with van der Waals surface area (Å²) in [5, 5.41) is 5.68. The lowest BCUT2D eigenvalue weighted by Gasteiger charge is -2.33. The van der Waals surface area contributed by atoms with E-state index in [2.05, 4.69) is 10.6 Å². The summed E-state index contributed by atoms with van der Waals surface area (Å²) in [5.74, 6) is -1.81. The molecule has 2 N–H and O–H groups in total. The minimum absolute atomic E-state index is 0. The first-order valence-electron chi connectivity index (χ1n) is 38.9. The number of piperidine rings is 6. The summed E-state index contributed by atoms with van der Waals surface area (Å²) in [6, 6.07) is 15.4. The number of amides is 8. The highest BCUT2D eigenvalue weighted by molar-refractivity contribution is 6.02. The largest absolute Gasteiger partial charge is 0.444 e. The van der Waals surface area contributed by atoms with E-state index in [1.165, 1.54) is 18.7 Å². The van der Waals surface area contributed by atoms with Gasteiger partial charge < -0.3 is 38.8 Å². The van der Waals surface area contributed by atoms with Crippen LogP contribution in [0.2, 0.25) is 0 Å². The van der Waals surface area contributed by atoms with Crippen LogP contribution in [0, 0.1) is 0 Å². The zero-order valence-corrected chi connectivity index (χ0v) is 65.8. The van der Waals surface area contributed by atoms with Crippen LogP contribution in [0.4, 0.5) is 14.0 Å². The molecular weight excluding hydrogens is 1420 g/mol. The Morgan fingerprint density at radius 3 is 1.13 bits per heavy atom. The number of para-hydroxylation sites is 3. The predicted molar refractivity (Wildman–Crippen MR) is 411 cm³/mol. The number of hydrogen-bond donors (Lipinski definition) is 2. The molecule has 596 valence electrons. The van der Waals surface area contributed by atoms with Crippen molar-refractivity contribution in [2.45, 2.75) is 219 Å². The van der Waals surface area contributed by atoms with E-state index < -0.39 is 42.4 Å². The number of fused-ring (bicyclic) bond motifs is 3. The van der Waals surface area contributed by atoms with Gasteiger partial charge in [-0.15, -0.1) is 12.4 Å². The van der Waals surface area contributed by atoms with Gasteiger partial charge in [-0.25, -0.2) is 24.0 Å². The first-order chi connectivity index (χ1) is 51.8. The number of carbonyl (C=O) groups excluding carboxylic acids is 8. The molecule has 3 unspecified atom stereocenters. The number of aromatic nitrogens is 6. The highest BCUT2D eigenvalue weighted by Crippen LogP contribution is 2.32. The second kappa shape index (κ2) is 39.2. The van der Waals surface area contributed by atoms with E-state index in [9.17, 15) is 57.1 Å². The maximum atomic E-state index is 13.2. The summed E-state index contributed by atoms with van der Waals surface area (Å²) in [6.45, 7) is 19.8. The normalized spacial score (nSPS) is 19.4. The number of likely N-dealkylation sites (N-methyl/N-ethyl adjacent to an activating group) is 2. The molecule has 0 spiro atoms. The van der Waals surface area contributed by atoms with Crippen LogP contribution in [0.1, 0.15) is 189 Å². The van der Waals surface area contributed by atoms with Gasteiger partial charge in [0, 0.05) is 102 Å². The number of nitrogens with zero attached hydrogens (tertiary/aromatic N) is 10. The molecule has 3 aromatic carbocycles. The van der Waals surface area contributed by atoms with Crippen LogP contribution in [0.25, 0.3) is 33.1 Å². The fourth-order valence-corrected chi connectivity index (χ4v) is 14.8. The summed E-state index contributed by atoms with van der Waals surface area (Å²) in [5.41, 5.74) is 6.01. The van der Waals surface area contributed by atoms with Crippen molar-refractivity contribution < 1.29 is 69.2 Å². The highest BCUT2D eigenvalue weighted by atomic mass is 35.5. The number of benzene rings is 3. The average Bonchev–Trinajstić information content (AvgIpc) is 1.61. The maximum absolute atomic E-state index is 13.2. The van der Waals surface area contributed by atoms with Gasteiger partial charge in [0.2, 0.25) is 23.6 Å². The van der Waals surface area contributed by atoms with E-state index in [0.717, 1.165) is 139 Å². The number of rotatable bonds is 18. The van der Waals surface area contributed by atoms with E-state index in [0.29, 0.717) is 89.3 Å². The number of carbonyl (C=O) groups is 8. The number of nitrogens with one attached hydrogen (secondary N) is 2. The van der Waals surface area contributed by atoms with Crippen LogP contribution in [0.15, 0.2) is 69.0 Å². The Labute approximate surface area is 640 Å². The number of aryl methyl sites for hydroxylation is 6. The number of alkyl halides is 1. The standard InChI is InChI=1S/C27H38N4O6.C26H36N4O6.C22H30N4O4.C2H6.CH3F.ClH/c1-27(2,3)37-26(35)30-15-13-19(14-16-30)36-17-7-9-18-8-6-10-20-23(18)29(5)25(34)31(20)21-11-12-22(32)28(4)24(21)33;1-26(2,3)36-25(34)29-14-12-18(13-15-29)35-16-6-8-17-7-5-9-19-22(17)28(4)24(33)30(19)20-10-11-21(31)27-23(20)32;1-24-19(27)9-8-18(21(24)28)26-17-7-3-5-15(20(17)25(2)22(26)29)6-4-14-30-16-10-12-23-13-11-16;2*1-2;/h6,8,10,19,21H,7,9,11-17H2,1-5H3;5,7,9,18,20H,6,8,10-16H2,1-4H3,(H,27,31,32);3,5,7,16,18,23H,4,6,8-14H2,1-2H3;1-2H3;1H3;1H/i;;;2*1D;. The minimum Gasteiger partial charge on any atom is -0.444 e. The third kappa shape index (κ3) is 21.1. The number of imidazole rings is 3. The fraction of sp³-hybridized carbons (Fsp3) is 0.628. The van der Waals surface area contributed by atoms with Gasteiger partial charge in [-0.3, -0.25) is 75.7 Å². The van der Waals surface area contributed by atoms with Gasteiger partial charge in [-0.1, -0.05) is 50.2 Å². The second-order valence-corrected chi connectivity index (χ2v) is 29.9. The molecule has 6 aromatic rings. The third-order valence-corrected chi connectivity index (χ3v) is 20.3. The third-order valence-electron chi connectivity index (χ3n) is 20.3. The van der Waals surface area contributed by atoms with Crippen molar-refractivity contribution in [2.75, 3.05) is 80.3 Å². The van der Waals surface area contributed by atoms with Crippen molar-refractivity contribution in [1.82, 2.24) is 57.6 Å². The molecule has 0 radical (unpaired) electrons. The van der Waals surface area contributed by atoms with E-state index >= 15 is 0 Å². The second-order valence-electron chi connectivity index (χ2n) is 29.9. The first-order valence-corrected chi connectivity index (χ1v) is 37.5. The van der Waals surface area contributed by atoms with Gasteiger partial charge in [0.25, 0.3) is 11.8 Å². The Bertz CT molecular complexity index is 4360. The van der Waals surface area contributed by atoms with E-state index in [1.54, 1.807) is 60.7 Å². The molecule has 6 saturated heterocycles. The van der Waals surface area contributed by atoms with Crippen molar-refractivity contribution in [3.63, 3.8) is 0 Å². The number of likely N-dealkylation sites (tertiary alicyclic amines) is 4. The van der Waals surface area contributed by atoms with Crippen LogP contribution in [-0.2, 0) is 92.9 Å². The molecule has 28 nitrogen and oxygen atoms in total. The van der Waals surface area contributed by atoms with Gasteiger partial charge >= 0.3 is 29.3 Å². The summed E-state index contributed by atoms with van der Waals surface area (Å²) < 4.78 is 60.2. The maximum Gasteiger partial charge on any atom is 0.410 e. The Balaban J connectivity index is 0.000000221. The van der Waals surface area contributed by atoms with Crippen LogP contribution >= 0.6 is 12.4 Å². The number of ether oxygens (including phenoxy) is 5. The summed E-state index contributed by atoms with van der Waals surface area (Å²) >= 11 is 0. The molecule has 6 fully saturated rings. The van der Waals surface area contributed by atoms with Gasteiger partial charge in [0.05, 0.1) is 59.9 Å². The van der Waals surface area contributed by atoms with Gasteiger partial charge in [0.15, 0.2) is 0 Å². The minimum atomic E-state index is -1.00. The Kier molecular flexibility index (Phi) is 30.3. The molecule has 0 saturated carbocycles. The molecule has 9 heterocycles. The van der Waals surface area contributed by atoms with E-state index in [1.807, 2.05) is 96.1 Å². The molecule has 30 heteroatoms. The van der Waals surface area contributed by atoms with Crippen molar-refractivity contribution in [1.29, 1.82) is 0 Å². The Morgan fingerprint density at radius 2 is 0.806 bits per heavy atom. The van der Waals surface area contributed by atoms with Crippen molar-refractivity contribution in [3.05, 3.63) is 103 Å². The van der Waals surface area contributed by atoms with Gasteiger partial charge in [-0.05, 0) is 186 Å². The van der Waals surface area contributed by atoms with Gasteiger partial charge in [-0.2, -0.15) is 0 Å². The van der Waals surface area contributed by atoms with Gasteiger partial charge in [0.1, 0.15) is 29.3 Å². The van der Waals surface area contributed by atoms with Crippen LogP contribution in [-0.4, -0.2) is 204 Å². The average molecular weight is 1530 g/mol. The first kappa shape index (κ1) is 83.5. The van der Waals surface area contributed by atoms with Crippen LogP contribution in [0.5, 0.6) is 0 Å². The summed E-state index contributed by atoms with van der Waals surface area (Å²) in [4.78, 5) is 143. The topological polar surface area (TPSA) is 301 Å². The summed E-state index contributed by atoms with van der Waals surface area (Å²) in [6.07, 6.45) is 11.6. The highest BCUT2D eigenvalue weighted by Gasteiger charge is 2.39. The number of hydrogen-bond acceptors (Lipinski definition) is 17. The quantitative estimate of drug-likeness (QED) is 0.0598. The van der Waals surface area contributed by atoms with Crippen LogP contribution < -0.4 is 27.7 Å². The van der Waals surface area contributed by atoms with E-state index in [4.69, 9.17) is 26.4 Å². The lowest BCUT2D eigenvalue weighted by atomic mass is 10.0. The molecule has 3 aromatic heterocycles. The van der Waals surface area contributed by atoms with Crippen LogP contribution in [0.3, 0.4) is 0 Å². The number of imide groups is 3. The molecule has 0 aliphatic carbocycles. The SMILES string of the molecule is CN1C(=O)CCC(n2c(=O)n(C)c3c(CCCOC4CCN(C(=O)OC(C)(C)C)CC4)cccc32)C1=O.CN1C(=O)CCC(n2c(=O)n(C)c3c(CCCOC4CCNCC4)cccc32)C1=O.Cl.Cn1c(=O)n(C2CCC(=O)NC2=O)c2cccc(CCCOC3CCN(C(=O)OC(C)(C)C)CC3)c21.[2H]CC.[2H]CF. The molecule has 0 bridgehead atoms. The molecule has 8 amide bonds. The van der Waals surface area contributed by atoms with Crippen molar-refractivity contribution in [2.24, 2.45) is 21.1 Å². The lowest BCUT2D eigenvalue weighted by Crippen LogP contribution is -2.45. The zero-order chi connectivity index (χ0) is 79.6. The Hall–Kier alpha value is -8.51. The molecule has 3 atom stereocenters. The van der Waals surface area contributed by atoms with Crippen molar-refractivity contribution >= 4 is 93.1 Å². The van der Waals surface area contributed by atoms with Crippen molar-refractivity contribution in [3.8, 4) is 0 Å². The lowest BCUT2D eigenvalue weighted by molar-refractivity contribution is -0.150. The predicted octanol–water partition coefficient (Wildman–Crippen LogP) is 9.07. The fourth-order valence-electron chi connectivity index (χ4n) is 14.8. The smallest absolute Gasteiger partial charge is 0.410 e. The number of halogens is 2.